The molecule has 90 valence electrons. The molecular weight excluding hydrogens is 210 g/mol. The molecule has 0 bridgehead atoms. The summed E-state index contributed by atoms with van der Waals surface area (Å²) in [7, 11) is 2.02. The standard InChI is InChI=1S/C14H19N3/c1-12(8-13-6-4-3-5-7-13)16-10-14-9-15-11-17(14)2/h3-7,9,11-12,16H,8,10H2,1-2H3. The van der Waals surface area contributed by atoms with Gasteiger partial charge < -0.3 is 9.88 Å². The summed E-state index contributed by atoms with van der Waals surface area (Å²) in [6.45, 7) is 3.08. The summed E-state index contributed by atoms with van der Waals surface area (Å²) in [4.78, 5) is 4.11. The minimum atomic E-state index is 0.465. The van der Waals surface area contributed by atoms with E-state index < -0.39 is 0 Å². The summed E-state index contributed by atoms with van der Waals surface area (Å²) in [5.41, 5.74) is 2.59. The van der Waals surface area contributed by atoms with Crippen molar-refractivity contribution in [2.45, 2.75) is 25.9 Å². The maximum atomic E-state index is 4.11. The lowest BCUT2D eigenvalue weighted by molar-refractivity contribution is 0.532. The molecule has 1 aromatic heterocycles. The summed E-state index contributed by atoms with van der Waals surface area (Å²) in [6.07, 6.45) is 4.79. The molecule has 1 heterocycles. The van der Waals surface area contributed by atoms with Crippen LogP contribution in [0.2, 0.25) is 0 Å². The first-order valence-electron chi connectivity index (χ1n) is 5.98. The smallest absolute Gasteiger partial charge is 0.0945 e. The van der Waals surface area contributed by atoms with Crippen molar-refractivity contribution < 1.29 is 0 Å². The minimum Gasteiger partial charge on any atom is -0.337 e. The number of nitrogens with zero attached hydrogens (tertiary/aromatic N) is 2. The second-order valence-corrected chi connectivity index (χ2v) is 4.47. The van der Waals surface area contributed by atoms with Gasteiger partial charge in [0.25, 0.3) is 0 Å². The molecule has 0 spiro atoms. The van der Waals surface area contributed by atoms with E-state index in [0.717, 1.165) is 13.0 Å². The Morgan fingerprint density at radius 3 is 2.71 bits per heavy atom. The summed E-state index contributed by atoms with van der Waals surface area (Å²) >= 11 is 0. The maximum Gasteiger partial charge on any atom is 0.0945 e. The average Bonchev–Trinajstić information content (AvgIpc) is 2.74. The number of benzene rings is 1. The monoisotopic (exact) mass is 229 g/mol. The van der Waals surface area contributed by atoms with Crippen LogP contribution in [-0.4, -0.2) is 15.6 Å². The van der Waals surface area contributed by atoms with Crippen molar-refractivity contribution in [3.8, 4) is 0 Å². The third-order valence-corrected chi connectivity index (χ3v) is 2.93. The molecule has 0 radical (unpaired) electrons. The van der Waals surface area contributed by atoms with Gasteiger partial charge in [0.05, 0.1) is 12.0 Å². The number of hydrogen-bond donors (Lipinski definition) is 1. The van der Waals surface area contributed by atoms with Crippen LogP contribution in [0.1, 0.15) is 18.2 Å². The van der Waals surface area contributed by atoms with E-state index in [1.165, 1.54) is 11.3 Å². The van der Waals surface area contributed by atoms with Crippen LogP contribution in [-0.2, 0) is 20.0 Å². The van der Waals surface area contributed by atoms with Gasteiger partial charge in [-0.25, -0.2) is 4.98 Å². The number of rotatable bonds is 5. The molecule has 0 aliphatic rings. The van der Waals surface area contributed by atoms with Crippen LogP contribution < -0.4 is 5.32 Å². The molecule has 0 amide bonds. The van der Waals surface area contributed by atoms with Gasteiger partial charge in [0, 0.05) is 25.8 Å². The molecule has 0 saturated heterocycles. The molecule has 0 aliphatic carbocycles. The van der Waals surface area contributed by atoms with Gasteiger partial charge in [0.2, 0.25) is 0 Å². The zero-order valence-electron chi connectivity index (χ0n) is 10.4. The highest BCUT2D eigenvalue weighted by molar-refractivity contribution is 5.15. The van der Waals surface area contributed by atoms with Crippen molar-refractivity contribution in [3.63, 3.8) is 0 Å². The van der Waals surface area contributed by atoms with Crippen LogP contribution >= 0.6 is 0 Å². The Bertz CT molecular complexity index is 448. The Kier molecular flexibility index (Phi) is 3.94. The molecule has 3 heteroatoms. The number of imidazole rings is 1. The number of aromatic nitrogens is 2. The largest absolute Gasteiger partial charge is 0.337 e. The van der Waals surface area contributed by atoms with E-state index >= 15 is 0 Å². The molecule has 1 aromatic carbocycles. The Labute approximate surface area is 103 Å². The van der Waals surface area contributed by atoms with Gasteiger partial charge in [-0.3, -0.25) is 0 Å². The van der Waals surface area contributed by atoms with Crippen molar-refractivity contribution in [3.05, 3.63) is 54.1 Å². The van der Waals surface area contributed by atoms with Crippen molar-refractivity contribution in [2.75, 3.05) is 0 Å². The first-order chi connectivity index (χ1) is 8.25. The van der Waals surface area contributed by atoms with Crippen LogP contribution in [0.5, 0.6) is 0 Å². The van der Waals surface area contributed by atoms with Gasteiger partial charge in [-0.05, 0) is 18.9 Å². The first kappa shape index (κ1) is 11.9. The predicted molar refractivity (Wildman–Crippen MR) is 69.7 cm³/mol. The fourth-order valence-electron chi connectivity index (χ4n) is 1.87. The molecule has 2 aromatic rings. The van der Waals surface area contributed by atoms with Gasteiger partial charge in [-0.2, -0.15) is 0 Å². The van der Waals surface area contributed by atoms with Gasteiger partial charge in [-0.1, -0.05) is 30.3 Å². The third kappa shape index (κ3) is 3.43. The van der Waals surface area contributed by atoms with E-state index in [4.69, 9.17) is 0 Å². The fourth-order valence-corrected chi connectivity index (χ4v) is 1.87. The molecule has 3 nitrogen and oxygen atoms in total. The van der Waals surface area contributed by atoms with Crippen molar-refractivity contribution >= 4 is 0 Å². The molecule has 0 aliphatic heterocycles. The minimum absolute atomic E-state index is 0.465. The molecular formula is C14H19N3. The van der Waals surface area contributed by atoms with Gasteiger partial charge in [0.1, 0.15) is 0 Å². The van der Waals surface area contributed by atoms with Gasteiger partial charge >= 0.3 is 0 Å². The average molecular weight is 229 g/mol. The number of aryl methyl sites for hydroxylation is 1. The van der Waals surface area contributed by atoms with E-state index in [1.54, 1.807) is 0 Å². The Morgan fingerprint density at radius 2 is 2.06 bits per heavy atom. The van der Waals surface area contributed by atoms with E-state index in [1.807, 2.05) is 24.1 Å². The molecule has 1 atom stereocenters. The van der Waals surface area contributed by atoms with E-state index in [2.05, 4.69) is 47.6 Å². The van der Waals surface area contributed by atoms with Gasteiger partial charge in [0.15, 0.2) is 0 Å². The van der Waals surface area contributed by atoms with E-state index in [-0.39, 0.29) is 0 Å². The fraction of sp³-hybridized carbons (Fsp3) is 0.357. The summed E-state index contributed by atoms with van der Waals surface area (Å²) in [6, 6.07) is 11.0. The van der Waals surface area contributed by atoms with Crippen LogP contribution in [0.3, 0.4) is 0 Å². The lowest BCUT2D eigenvalue weighted by Gasteiger charge is -2.13. The zero-order valence-corrected chi connectivity index (χ0v) is 10.4. The Balaban J connectivity index is 1.82. The Hall–Kier alpha value is -1.61. The third-order valence-electron chi connectivity index (χ3n) is 2.93. The van der Waals surface area contributed by atoms with Crippen LogP contribution in [0, 0.1) is 0 Å². The maximum absolute atomic E-state index is 4.11. The zero-order chi connectivity index (χ0) is 12.1. The van der Waals surface area contributed by atoms with E-state index in [0.29, 0.717) is 6.04 Å². The van der Waals surface area contributed by atoms with Crippen molar-refractivity contribution in [1.82, 2.24) is 14.9 Å². The topological polar surface area (TPSA) is 29.9 Å². The van der Waals surface area contributed by atoms with Crippen LogP contribution in [0.25, 0.3) is 0 Å². The lowest BCUT2D eigenvalue weighted by atomic mass is 10.1. The van der Waals surface area contributed by atoms with Crippen LogP contribution in [0.15, 0.2) is 42.9 Å². The van der Waals surface area contributed by atoms with Crippen molar-refractivity contribution in [1.29, 1.82) is 0 Å². The Morgan fingerprint density at radius 1 is 1.29 bits per heavy atom. The highest BCUT2D eigenvalue weighted by Gasteiger charge is 2.04. The first-order valence-corrected chi connectivity index (χ1v) is 5.98. The molecule has 17 heavy (non-hydrogen) atoms. The molecule has 0 saturated carbocycles. The highest BCUT2D eigenvalue weighted by Crippen LogP contribution is 2.03. The summed E-state index contributed by atoms with van der Waals surface area (Å²) in [5.74, 6) is 0. The second kappa shape index (κ2) is 5.64. The van der Waals surface area contributed by atoms with Gasteiger partial charge in [-0.15, -0.1) is 0 Å². The molecule has 2 rings (SSSR count). The predicted octanol–water partition coefficient (Wildman–Crippen LogP) is 2.14. The SMILES string of the molecule is CC(Cc1ccccc1)NCc1cncn1C. The van der Waals surface area contributed by atoms with Crippen LogP contribution in [0.4, 0.5) is 0 Å². The molecule has 0 fully saturated rings. The summed E-state index contributed by atoms with van der Waals surface area (Å²) in [5, 5.41) is 3.51. The number of nitrogens with one attached hydrogen (secondary N) is 1. The highest BCUT2D eigenvalue weighted by atomic mass is 15.0. The molecule has 1 unspecified atom stereocenters. The summed E-state index contributed by atoms with van der Waals surface area (Å²) < 4.78 is 2.04. The lowest BCUT2D eigenvalue weighted by Crippen LogP contribution is -2.28. The van der Waals surface area contributed by atoms with E-state index in [9.17, 15) is 0 Å². The quantitative estimate of drug-likeness (QED) is 0.851. The van der Waals surface area contributed by atoms with Crippen molar-refractivity contribution in [2.24, 2.45) is 7.05 Å². The molecule has 1 N–H and O–H groups in total. The number of hydrogen-bond acceptors (Lipinski definition) is 2. The second-order valence-electron chi connectivity index (χ2n) is 4.47. The normalized spacial score (nSPS) is 12.6.